The molecule has 4 heterocycles. The van der Waals surface area contributed by atoms with Gasteiger partial charge in [-0.2, -0.15) is 5.26 Å². The molecule has 26 heavy (non-hydrogen) atoms. The Balaban J connectivity index is 1.53. The molecule has 1 aliphatic rings. The maximum atomic E-state index is 11.2. The first kappa shape index (κ1) is 16.3. The molecule has 0 aliphatic carbocycles. The molecule has 0 saturated carbocycles. The highest BCUT2D eigenvalue weighted by atomic mass is 16.1. The van der Waals surface area contributed by atoms with Crippen molar-refractivity contribution < 1.29 is 4.79 Å². The van der Waals surface area contributed by atoms with Crippen LogP contribution in [0.2, 0.25) is 0 Å². The highest BCUT2D eigenvalue weighted by Crippen LogP contribution is 2.25. The molecule has 3 aromatic rings. The van der Waals surface area contributed by atoms with E-state index in [1.807, 2.05) is 35.0 Å². The number of piperidine rings is 1. The first-order valence-corrected chi connectivity index (χ1v) is 8.57. The van der Waals surface area contributed by atoms with Crippen LogP contribution < -0.4 is 5.73 Å². The van der Waals surface area contributed by atoms with Gasteiger partial charge >= 0.3 is 0 Å². The van der Waals surface area contributed by atoms with Crippen molar-refractivity contribution in [2.24, 2.45) is 5.73 Å². The molecule has 1 fully saturated rings. The van der Waals surface area contributed by atoms with Gasteiger partial charge in [-0.05, 0) is 31.5 Å². The van der Waals surface area contributed by atoms with Crippen molar-refractivity contribution in [3.8, 4) is 6.07 Å². The monoisotopic (exact) mass is 349 g/mol. The van der Waals surface area contributed by atoms with Crippen LogP contribution in [-0.4, -0.2) is 43.1 Å². The lowest BCUT2D eigenvalue weighted by Gasteiger charge is -2.32. The summed E-state index contributed by atoms with van der Waals surface area (Å²) in [6, 6.07) is 8.34. The van der Waals surface area contributed by atoms with Gasteiger partial charge in [-0.25, -0.2) is 9.67 Å². The van der Waals surface area contributed by atoms with E-state index in [1.165, 1.54) is 0 Å². The number of nitriles is 1. The summed E-state index contributed by atoms with van der Waals surface area (Å²) in [5, 5.41) is 13.8. The summed E-state index contributed by atoms with van der Waals surface area (Å²) >= 11 is 0. The average Bonchev–Trinajstić information content (AvgIpc) is 3.26. The number of carbonyl (C=O) groups excluding carboxylic acids is 1. The summed E-state index contributed by atoms with van der Waals surface area (Å²) in [6.45, 7) is 2.46. The molecule has 8 nitrogen and oxygen atoms in total. The molecule has 3 aromatic heterocycles. The molecule has 0 bridgehead atoms. The first-order valence-electron chi connectivity index (χ1n) is 8.57. The summed E-state index contributed by atoms with van der Waals surface area (Å²) < 4.78 is 3.72. The van der Waals surface area contributed by atoms with Crippen LogP contribution in [0.5, 0.6) is 0 Å². The van der Waals surface area contributed by atoms with E-state index in [1.54, 1.807) is 11.0 Å². The normalized spacial score (nSPS) is 18.0. The predicted molar refractivity (Wildman–Crippen MR) is 94.2 cm³/mol. The first-order chi connectivity index (χ1) is 12.7. The molecule has 0 radical (unpaired) electrons. The Hall–Kier alpha value is -3.18. The molecule has 1 saturated heterocycles. The van der Waals surface area contributed by atoms with Crippen LogP contribution in [-0.2, 0) is 6.54 Å². The lowest BCUT2D eigenvalue weighted by Crippen LogP contribution is -2.36. The number of likely N-dealkylation sites (tertiary alicyclic amines) is 1. The van der Waals surface area contributed by atoms with E-state index < -0.39 is 5.91 Å². The zero-order valence-corrected chi connectivity index (χ0v) is 14.2. The van der Waals surface area contributed by atoms with Crippen molar-refractivity contribution in [1.29, 1.82) is 5.26 Å². The number of hydrogen-bond acceptors (Lipinski definition) is 5. The SMILES string of the molecule is N#Cc1c(CN2CCCC(n3cnc(C(N)=O)n3)C2)cn2ccccc12. The van der Waals surface area contributed by atoms with E-state index in [-0.39, 0.29) is 11.9 Å². The molecule has 1 amide bonds. The molecule has 2 N–H and O–H groups in total. The number of aromatic nitrogens is 4. The quantitative estimate of drug-likeness (QED) is 0.765. The fourth-order valence-electron chi connectivity index (χ4n) is 3.62. The number of nitrogens with zero attached hydrogens (tertiary/aromatic N) is 6. The van der Waals surface area contributed by atoms with Gasteiger partial charge in [0.15, 0.2) is 0 Å². The van der Waals surface area contributed by atoms with Crippen LogP contribution in [0.4, 0.5) is 0 Å². The molecule has 1 unspecified atom stereocenters. The molecule has 8 heteroatoms. The van der Waals surface area contributed by atoms with E-state index in [4.69, 9.17) is 5.73 Å². The lowest BCUT2D eigenvalue weighted by molar-refractivity contribution is 0.0989. The van der Waals surface area contributed by atoms with Crippen LogP contribution in [0.3, 0.4) is 0 Å². The molecule has 132 valence electrons. The van der Waals surface area contributed by atoms with Crippen LogP contribution in [0, 0.1) is 11.3 Å². The summed E-state index contributed by atoms with van der Waals surface area (Å²) in [5.41, 5.74) is 7.92. The van der Waals surface area contributed by atoms with Crippen molar-refractivity contribution in [3.63, 3.8) is 0 Å². The zero-order chi connectivity index (χ0) is 18.1. The van der Waals surface area contributed by atoms with Gasteiger partial charge in [-0.15, -0.1) is 5.10 Å². The van der Waals surface area contributed by atoms with Gasteiger partial charge in [0.2, 0.25) is 5.82 Å². The van der Waals surface area contributed by atoms with Gasteiger partial charge < -0.3 is 10.1 Å². The van der Waals surface area contributed by atoms with Crippen LogP contribution in [0.25, 0.3) is 5.52 Å². The standard InChI is InChI=1S/C18H19N7O/c19-8-15-13(10-24-7-2-1-5-16(15)24)9-23-6-3-4-14(11-23)25-12-21-18(22-25)17(20)26/h1-2,5,7,10,12,14H,3-4,6,9,11H2,(H2,20,26). The van der Waals surface area contributed by atoms with E-state index >= 15 is 0 Å². The summed E-state index contributed by atoms with van der Waals surface area (Å²) in [6.07, 6.45) is 7.55. The Bertz CT molecular complexity index is 997. The third kappa shape index (κ3) is 2.93. The van der Waals surface area contributed by atoms with Crippen molar-refractivity contribution in [1.82, 2.24) is 24.1 Å². The van der Waals surface area contributed by atoms with Gasteiger partial charge in [0, 0.05) is 31.0 Å². The number of nitrogens with two attached hydrogens (primary N) is 1. The predicted octanol–water partition coefficient (Wildman–Crippen LogP) is 1.34. The third-order valence-corrected chi connectivity index (χ3v) is 4.85. The Morgan fingerprint density at radius 3 is 3.08 bits per heavy atom. The zero-order valence-electron chi connectivity index (χ0n) is 14.2. The van der Waals surface area contributed by atoms with E-state index in [9.17, 15) is 10.1 Å². The Morgan fingerprint density at radius 1 is 1.42 bits per heavy atom. The number of fused-ring (bicyclic) bond motifs is 1. The molecule has 0 spiro atoms. The van der Waals surface area contributed by atoms with Crippen molar-refractivity contribution in [2.45, 2.75) is 25.4 Å². The van der Waals surface area contributed by atoms with Crippen molar-refractivity contribution in [2.75, 3.05) is 13.1 Å². The van der Waals surface area contributed by atoms with Gasteiger partial charge in [-0.3, -0.25) is 9.69 Å². The van der Waals surface area contributed by atoms with Crippen LogP contribution in [0.15, 0.2) is 36.9 Å². The van der Waals surface area contributed by atoms with Gasteiger partial charge in [0.1, 0.15) is 12.4 Å². The van der Waals surface area contributed by atoms with Crippen LogP contribution >= 0.6 is 0 Å². The molecule has 4 rings (SSSR count). The van der Waals surface area contributed by atoms with Crippen molar-refractivity contribution >= 4 is 11.4 Å². The van der Waals surface area contributed by atoms with E-state index in [2.05, 4.69) is 21.1 Å². The number of rotatable bonds is 4. The highest BCUT2D eigenvalue weighted by molar-refractivity contribution is 5.88. The van der Waals surface area contributed by atoms with E-state index in [0.717, 1.165) is 42.6 Å². The van der Waals surface area contributed by atoms with Gasteiger partial charge in [0.05, 0.1) is 17.1 Å². The maximum absolute atomic E-state index is 11.2. The third-order valence-electron chi connectivity index (χ3n) is 4.85. The van der Waals surface area contributed by atoms with Crippen molar-refractivity contribution in [3.05, 3.63) is 53.9 Å². The minimum Gasteiger partial charge on any atom is -0.363 e. The molecule has 1 atom stereocenters. The topological polar surface area (TPSA) is 105 Å². The van der Waals surface area contributed by atoms with Gasteiger partial charge in [-0.1, -0.05) is 6.07 Å². The number of pyridine rings is 1. The minimum atomic E-state index is -0.615. The average molecular weight is 349 g/mol. The Labute approximate surface area is 150 Å². The summed E-state index contributed by atoms with van der Waals surface area (Å²) in [7, 11) is 0. The Kier molecular flexibility index (Phi) is 4.14. The fraction of sp³-hybridized carbons (Fsp3) is 0.333. The molecule has 0 aromatic carbocycles. The second-order valence-corrected chi connectivity index (χ2v) is 6.58. The number of primary amides is 1. The highest BCUT2D eigenvalue weighted by Gasteiger charge is 2.24. The maximum Gasteiger partial charge on any atom is 0.288 e. The smallest absolute Gasteiger partial charge is 0.288 e. The number of hydrogen-bond donors (Lipinski definition) is 1. The Morgan fingerprint density at radius 2 is 2.31 bits per heavy atom. The lowest BCUT2D eigenvalue weighted by atomic mass is 10.0. The largest absolute Gasteiger partial charge is 0.363 e. The van der Waals surface area contributed by atoms with Gasteiger partial charge in [0.25, 0.3) is 5.91 Å². The number of amides is 1. The van der Waals surface area contributed by atoms with E-state index in [0.29, 0.717) is 6.54 Å². The summed E-state index contributed by atoms with van der Waals surface area (Å²) in [5.74, 6) is -0.567. The number of carbonyl (C=O) groups is 1. The second-order valence-electron chi connectivity index (χ2n) is 6.58. The molecule has 1 aliphatic heterocycles. The second kappa shape index (κ2) is 6.61. The minimum absolute atomic E-state index is 0.0487. The van der Waals surface area contributed by atoms with Crippen LogP contribution in [0.1, 0.15) is 40.6 Å². The fourth-order valence-corrected chi connectivity index (χ4v) is 3.62. The summed E-state index contributed by atoms with van der Waals surface area (Å²) in [4.78, 5) is 17.5. The molecular formula is C18H19N7O. The molecular weight excluding hydrogens is 330 g/mol.